The molecule has 7 heteroatoms. The van der Waals surface area contributed by atoms with Crippen molar-refractivity contribution in [3.8, 4) is 22.4 Å². The minimum absolute atomic E-state index is 0.0620. The van der Waals surface area contributed by atoms with Crippen LogP contribution in [0.25, 0.3) is 33.3 Å². The first kappa shape index (κ1) is 20.1. The van der Waals surface area contributed by atoms with Gasteiger partial charge in [-0.25, -0.2) is 15.0 Å². The van der Waals surface area contributed by atoms with Crippen LogP contribution >= 0.6 is 0 Å². The fourth-order valence-corrected chi connectivity index (χ4v) is 4.03. The largest absolute Gasteiger partial charge is 0.384 e. The second-order valence-electron chi connectivity index (χ2n) is 8.10. The number of nitrogens with zero attached hydrogens (tertiary/aromatic N) is 5. The molecule has 4 aromatic rings. The third-order valence-electron chi connectivity index (χ3n) is 5.93. The molecule has 1 saturated heterocycles. The van der Waals surface area contributed by atoms with Crippen molar-refractivity contribution in [3.05, 3.63) is 72.7 Å². The van der Waals surface area contributed by atoms with Crippen molar-refractivity contribution in [1.29, 1.82) is 0 Å². The molecular weight excluding hydrogens is 400 g/mol. The molecule has 0 saturated carbocycles. The molecule has 1 fully saturated rings. The van der Waals surface area contributed by atoms with E-state index in [1.165, 1.54) is 0 Å². The maximum Gasteiger partial charge on any atom is 0.253 e. The Morgan fingerprint density at radius 1 is 0.875 bits per heavy atom. The van der Waals surface area contributed by atoms with Crippen molar-refractivity contribution in [3.63, 3.8) is 0 Å². The number of aromatic nitrogens is 3. The zero-order chi connectivity index (χ0) is 22.1. The molecular formula is C25H24N6O. The van der Waals surface area contributed by atoms with Gasteiger partial charge < -0.3 is 15.5 Å². The lowest BCUT2D eigenvalue weighted by Crippen LogP contribution is -2.47. The first-order valence-electron chi connectivity index (χ1n) is 10.6. The summed E-state index contributed by atoms with van der Waals surface area (Å²) in [5.41, 5.74) is 10.9. The molecule has 0 bridgehead atoms. The third kappa shape index (κ3) is 3.90. The maximum absolute atomic E-state index is 13.1. The van der Waals surface area contributed by atoms with Crippen LogP contribution in [0.15, 0.2) is 67.1 Å². The molecule has 160 valence electrons. The van der Waals surface area contributed by atoms with E-state index >= 15 is 0 Å². The lowest BCUT2D eigenvalue weighted by atomic mass is 10.00. The second-order valence-corrected chi connectivity index (χ2v) is 8.10. The fourth-order valence-electron chi connectivity index (χ4n) is 4.03. The number of hydrogen-bond donors (Lipinski definition) is 1. The molecule has 1 aliphatic heterocycles. The zero-order valence-electron chi connectivity index (χ0n) is 17.9. The zero-order valence-corrected chi connectivity index (χ0v) is 17.9. The van der Waals surface area contributed by atoms with E-state index in [0.717, 1.165) is 59.5 Å². The molecule has 2 N–H and O–H groups in total. The van der Waals surface area contributed by atoms with E-state index in [4.69, 9.17) is 5.73 Å². The fraction of sp³-hybridized carbons (Fsp3) is 0.200. The summed E-state index contributed by atoms with van der Waals surface area (Å²) in [6.45, 7) is 3.28. The smallest absolute Gasteiger partial charge is 0.253 e. The van der Waals surface area contributed by atoms with Crippen LogP contribution < -0.4 is 5.73 Å². The molecule has 32 heavy (non-hydrogen) atoms. The van der Waals surface area contributed by atoms with Crippen LogP contribution in [0.2, 0.25) is 0 Å². The molecule has 0 spiro atoms. The lowest BCUT2D eigenvalue weighted by molar-refractivity contribution is 0.0664. The predicted octanol–water partition coefficient (Wildman–Crippen LogP) is 3.33. The SMILES string of the molecule is CN1CCN(C(=O)c2cccc(-c3ncnc4ccc(-c5ccc(N)nc5)cc34)c2)CC1. The molecule has 1 aliphatic rings. The monoisotopic (exact) mass is 424 g/mol. The van der Waals surface area contributed by atoms with Crippen LogP contribution in [0.4, 0.5) is 5.82 Å². The number of amides is 1. The average molecular weight is 425 g/mol. The van der Waals surface area contributed by atoms with Crippen molar-refractivity contribution in [2.24, 2.45) is 0 Å². The average Bonchev–Trinajstić information content (AvgIpc) is 2.84. The number of nitrogens with two attached hydrogens (primary N) is 1. The molecule has 1 amide bonds. The van der Waals surface area contributed by atoms with Crippen molar-refractivity contribution >= 4 is 22.6 Å². The van der Waals surface area contributed by atoms with Crippen LogP contribution in [-0.2, 0) is 0 Å². The Balaban J connectivity index is 1.53. The van der Waals surface area contributed by atoms with E-state index < -0.39 is 0 Å². The first-order valence-corrected chi connectivity index (χ1v) is 10.6. The third-order valence-corrected chi connectivity index (χ3v) is 5.93. The number of rotatable bonds is 3. The number of likely N-dealkylation sites (N-methyl/N-ethyl adjacent to an activating group) is 1. The molecule has 0 radical (unpaired) electrons. The summed E-state index contributed by atoms with van der Waals surface area (Å²) in [7, 11) is 2.08. The topological polar surface area (TPSA) is 88.2 Å². The van der Waals surface area contributed by atoms with Crippen LogP contribution in [-0.4, -0.2) is 63.9 Å². The van der Waals surface area contributed by atoms with Gasteiger partial charge in [0, 0.05) is 54.5 Å². The van der Waals surface area contributed by atoms with Gasteiger partial charge in [-0.05, 0) is 49.0 Å². The Kier molecular flexibility index (Phi) is 5.25. The van der Waals surface area contributed by atoms with Gasteiger partial charge in [0.15, 0.2) is 0 Å². The molecule has 2 aromatic carbocycles. The lowest BCUT2D eigenvalue weighted by Gasteiger charge is -2.32. The van der Waals surface area contributed by atoms with Gasteiger partial charge in [-0.1, -0.05) is 18.2 Å². The van der Waals surface area contributed by atoms with Gasteiger partial charge in [0.25, 0.3) is 5.91 Å². The number of piperazine rings is 1. The van der Waals surface area contributed by atoms with Gasteiger partial charge >= 0.3 is 0 Å². The summed E-state index contributed by atoms with van der Waals surface area (Å²) in [5, 5.41) is 0.922. The number of carbonyl (C=O) groups is 1. The number of carbonyl (C=O) groups excluding carboxylic acids is 1. The highest BCUT2D eigenvalue weighted by molar-refractivity contribution is 5.98. The number of anilines is 1. The Morgan fingerprint density at radius 2 is 1.69 bits per heavy atom. The van der Waals surface area contributed by atoms with Crippen LogP contribution in [0.1, 0.15) is 10.4 Å². The van der Waals surface area contributed by atoms with Crippen molar-refractivity contribution in [1.82, 2.24) is 24.8 Å². The van der Waals surface area contributed by atoms with E-state index in [2.05, 4.69) is 33.0 Å². The van der Waals surface area contributed by atoms with Gasteiger partial charge in [-0.3, -0.25) is 4.79 Å². The predicted molar refractivity (Wildman–Crippen MR) is 126 cm³/mol. The summed E-state index contributed by atoms with van der Waals surface area (Å²) in [6.07, 6.45) is 3.33. The van der Waals surface area contributed by atoms with E-state index in [9.17, 15) is 4.79 Å². The Labute approximate surface area is 186 Å². The molecule has 2 aromatic heterocycles. The van der Waals surface area contributed by atoms with Crippen LogP contribution in [0.5, 0.6) is 0 Å². The number of benzene rings is 2. The van der Waals surface area contributed by atoms with Crippen molar-refractivity contribution in [2.45, 2.75) is 0 Å². The highest BCUT2D eigenvalue weighted by atomic mass is 16.2. The van der Waals surface area contributed by atoms with E-state index in [1.54, 1.807) is 18.6 Å². The Morgan fingerprint density at radius 3 is 2.47 bits per heavy atom. The molecule has 5 rings (SSSR count). The quantitative estimate of drug-likeness (QED) is 0.543. The van der Waals surface area contributed by atoms with Gasteiger partial charge in [-0.2, -0.15) is 0 Å². The van der Waals surface area contributed by atoms with Gasteiger partial charge in [0.2, 0.25) is 0 Å². The molecule has 0 aliphatic carbocycles. The number of fused-ring (bicyclic) bond motifs is 1. The number of nitrogen functional groups attached to an aromatic ring is 1. The highest BCUT2D eigenvalue weighted by Gasteiger charge is 2.21. The Bertz CT molecular complexity index is 1280. The summed E-state index contributed by atoms with van der Waals surface area (Å²) in [4.78, 5) is 30.4. The summed E-state index contributed by atoms with van der Waals surface area (Å²) in [5.74, 6) is 0.548. The molecule has 3 heterocycles. The summed E-state index contributed by atoms with van der Waals surface area (Å²) in [6, 6.07) is 17.5. The number of pyridine rings is 1. The van der Waals surface area contributed by atoms with Crippen molar-refractivity contribution < 1.29 is 4.79 Å². The standard InChI is InChI=1S/C25H24N6O/c1-30-9-11-31(12-10-30)25(32)19-4-2-3-18(13-19)24-21-14-17(5-7-22(21)28-16-29-24)20-6-8-23(26)27-15-20/h2-8,13-16H,9-12H2,1H3,(H2,26,27). The molecule has 7 nitrogen and oxygen atoms in total. The molecule has 0 unspecified atom stereocenters. The van der Waals surface area contributed by atoms with Gasteiger partial charge in [0.05, 0.1) is 11.2 Å². The van der Waals surface area contributed by atoms with Gasteiger partial charge in [0.1, 0.15) is 12.1 Å². The number of hydrogen-bond acceptors (Lipinski definition) is 6. The van der Waals surface area contributed by atoms with E-state index in [0.29, 0.717) is 11.4 Å². The molecule has 0 atom stereocenters. The minimum atomic E-state index is 0.0620. The minimum Gasteiger partial charge on any atom is -0.384 e. The summed E-state index contributed by atoms with van der Waals surface area (Å²) >= 11 is 0. The first-order chi connectivity index (χ1) is 15.6. The normalized spacial score (nSPS) is 14.6. The second kappa shape index (κ2) is 8.36. The summed E-state index contributed by atoms with van der Waals surface area (Å²) < 4.78 is 0. The maximum atomic E-state index is 13.1. The van der Waals surface area contributed by atoms with Crippen molar-refractivity contribution in [2.75, 3.05) is 39.0 Å². The Hall–Kier alpha value is -3.84. The highest BCUT2D eigenvalue weighted by Crippen LogP contribution is 2.30. The van der Waals surface area contributed by atoms with Crippen LogP contribution in [0, 0.1) is 0 Å². The van der Waals surface area contributed by atoms with Gasteiger partial charge in [-0.15, -0.1) is 0 Å². The van der Waals surface area contributed by atoms with E-state index in [1.807, 2.05) is 47.4 Å². The van der Waals surface area contributed by atoms with Crippen LogP contribution in [0.3, 0.4) is 0 Å². The van der Waals surface area contributed by atoms with E-state index in [-0.39, 0.29) is 5.91 Å².